The van der Waals surface area contributed by atoms with Crippen LogP contribution in [0.1, 0.15) is 37.5 Å². The number of rotatable bonds is 5. The molecule has 4 heteroatoms. The lowest BCUT2D eigenvalue weighted by Gasteiger charge is -2.18. The summed E-state index contributed by atoms with van der Waals surface area (Å²) in [5, 5.41) is 2.18. The van der Waals surface area contributed by atoms with E-state index in [2.05, 4.69) is 75.1 Å². The Hall–Kier alpha value is -2.85. The van der Waals surface area contributed by atoms with Crippen LogP contribution < -0.4 is 9.47 Å². The molecule has 0 radical (unpaired) electrons. The molecule has 4 rings (SSSR count). The van der Waals surface area contributed by atoms with Gasteiger partial charge in [0.05, 0.1) is 16.1 Å². The first kappa shape index (κ1) is 22.3. The summed E-state index contributed by atoms with van der Waals surface area (Å²) in [7, 11) is 0. The Morgan fingerprint density at radius 1 is 1.12 bits per heavy atom. The fraction of sp³-hybridized carbons (Fsp3) is 0.250. The van der Waals surface area contributed by atoms with Crippen LogP contribution in [0.3, 0.4) is 0 Å². The minimum atomic E-state index is -0.181. The van der Waals surface area contributed by atoms with Gasteiger partial charge in [0.2, 0.25) is 5.52 Å². The maximum atomic E-state index is 14.5. The highest BCUT2D eigenvalue weighted by Gasteiger charge is 2.24. The van der Waals surface area contributed by atoms with E-state index < -0.39 is 0 Å². The maximum Gasteiger partial charge on any atom is 0.249 e. The molecule has 0 spiro atoms. The van der Waals surface area contributed by atoms with Gasteiger partial charge >= 0.3 is 0 Å². The van der Waals surface area contributed by atoms with Crippen molar-refractivity contribution in [3.05, 3.63) is 93.9 Å². The van der Waals surface area contributed by atoms with E-state index in [0.29, 0.717) is 5.52 Å². The Morgan fingerprint density at radius 3 is 2.66 bits per heavy atom. The molecule has 0 N–H and O–H groups in total. The topological polar surface area (TPSA) is 7.12 Å². The van der Waals surface area contributed by atoms with E-state index in [1.54, 1.807) is 6.07 Å². The van der Waals surface area contributed by atoms with E-state index >= 15 is 0 Å². The first-order chi connectivity index (χ1) is 15.4. The van der Waals surface area contributed by atoms with Gasteiger partial charge in [-0.1, -0.05) is 41.6 Å². The van der Waals surface area contributed by atoms with E-state index in [1.165, 1.54) is 32.8 Å². The van der Waals surface area contributed by atoms with E-state index in [1.807, 2.05) is 35.5 Å². The van der Waals surface area contributed by atoms with Crippen molar-refractivity contribution in [1.29, 1.82) is 0 Å². The number of aryl methyl sites for hydroxylation is 3. The quantitative estimate of drug-likeness (QED) is 0.300. The Kier molecular flexibility index (Phi) is 6.52. The van der Waals surface area contributed by atoms with Gasteiger partial charge in [0.25, 0.3) is 0 Å². The van der Waals surface area contributed by atoms with Crippen LogP contribution in [0.5, 0.6) is 0 Å². The second kappa shape index (κ2) is 9.33. The number of benzene rings is 2. The van der Waals surface area contributed by atoms with E-state index in [0.717, 1.165) is 29.6 Å². The number of para-hydroxylation sites is 1. The van der Waals surface area contributed by atoms with Crippen molar-refractivity contribution in [2.75, 3.05) is 11.4 Å². The number of nitrogens with zero attached hydrogens (tertiary/aromatic N) is 2. The minimum Gasteiger partial charge on any atom is -0.335 e. The third-order valence-electron chi connectivity index (χ3n) is 6.04. The van der Waals surface area contributed by atoms with Crippen LogP contribution >= 0.6 is 11.8 Å². The Morgan fingerprint density at radius 2 is 1.91 bits per heavy atom. The Bertz CT molecular complexity index is 1270. The van der Waals surface area contributed by atoms with Crippen LogP contribution in [0.25, 0.3) is 17.0 Å². The lowest BCUT2D eigenvalue weighted by molar-refractivity contribution is -0.668. The van der Waals surface area contributed by atoms with Gasteiger partial charge in [-0.3, -0.25) is 0 Å². The lowest BCUT2D eigenvalue weighted by Crippen LogP contribution is -2.33. The summed E-state index contributed by atoms with van der Waals surface area (Å²) >= 11 is 1.83. The van der Waals surface area contributed by atoms with E-state index in [4.69, 9.17) is 0 Å². The van der Waals surface area contributed by atoms with Crippen molar-refractivity contribution >= 4 is 34.4 Å². The lowest BCUT2D eigenvalue weighted by atomic mass is 10.1. The van der Waals surface area contributed by atoms with Gasteiger partial charge in [-0.05, 0) is 81.7 Å². The number of hydrogen-bond donors (Lipinski definition) is 0. The average molecular weight is 446 g/mol. The zero-order chi connectivity index (χ0) is 22.8. The third kappa shape index (κ3) is 4.24. The highest BCUT2D eigenvalue weighted by atomic mass is 32.2. The molecule has 2 heterocycles. The second-order valence-corrected chi connectivity index (χ2v) is 9.25. The fourth-order valence-electron chi connectivity index (χ4n) is 4.07. The van der Waals surface area contributed by atoms with Crippen molar-refractivity contribution < 1.29 is 8.96 Å². The highest BCUT2D eigenvalue weighted by molar-refractivity contribution is 8.03. The summed E-state index contributed by atoms with van der Waals surface area (Å²) < 4.78 is 16.4. The first-order valence-corrected chi connectivity index (χ1v) is 12.0. The molecule has 3 aromatic rings. The molecule has 0 saturated carbocycles. The Balaban J connectivity index is 1.61. The number of aromatic nitrogens is 1. The minimum absolute atomic E-state index is 0.181. The molecule has 0 bridgehead atoms. The molecule has 32 heavy (non-hydrogen) atoms. The molecule has 164 valence electrons. The Labute approximate surface area is 194 Å². The molecular weight excluding hydrogens is 415 g/mol. The number of thioether (sulfide) groups is 1. The SMILES string of the molecule is CCN1C(=CC=C(C)C=Cc2cc[n+](CC)c3c(F)cccc23)Sc2cc(C)c(C)cc21. The van der Waals surface area contributed by atoms with Crippen LogP contribution in [-0.2, 0) is 6.54 Å². The highest BCUT2D eigenvalue weighted by Crippen LogP contribution is 2.46. The van der Waals surface area contributed by atoms with Crippen molar-refractivity contribution in [2.45, 2.75) is 46.1 Å². The molecule has 0 atom stereocenters. The number of fused-ring (bicyclic) bond motifs is 2. The average Bonchev–Trinajstić information content (AvgIpc) is 3.12. The number of anilines is 1. The van der Waals surface area contributed by atoms with Crippen LogP contribution in [0, 0.1) is 19.7 Å². The van der Waals surface area contributed by atoms with Crippen LogP contribution in [-0.4, -0.2) is 6.54 Å². The molecule has 2 aromatic carbocycles. The second-order valence-electron chi connectivity index (χ2n) is 8.19. The molecule has 0 fully saturated rings. The first-order valence-electron chi connectivity index (χ1n) is 11.2. The number of hydrogen-bond acceptors (Lipinski definition) is 2. The van der Waals surface area contributed by atoms with Crippen molar-refractivity contribution in [2.24, 2.45) is 0 Å². The predicted molar refractivity (Wildman–Crippen MR) is 135 cm³/mol. The van der Waals surface area contributed by atoms with E-state index in [-0.39, 0.29) is 5.82 Å². The molecule has 0 amide bonds. The number of pyridine rings is 1. The smallest absolute Gasteiger partial charge is 0.249 e. The maximum absolute atomic E-state index is 14.5. The van der Waals surface area contributed by atoms with E-state index in [9.17, 15) is 4.39 Å². The van der Waals surface area contributed by atoms with Gasteiger partial charge < -0.3 is 4.90 Å². The third-order valence-corrected chi connectivity index (χ3v) is 7.15. The molecule has 1 aliphatic heterocycles. The zero-order valence-corrected chi connectivity index (χ0v) is 20.3. The summed E-state index contributed by atoms with van der Waals surface area (Å²) in [6.45, 7) is 12.3. The molecule has 0 aliphatic carbocycles. The van der Waals surface area contributed by atoms with Gasteiger partial charge in [0.1, 0.15) is 6.54 Å². The van der Waals surface area contributed by atoms with Crippen LogP contribution in [0.4, 0.5) is 10.1 Å². The monoisotopic (exact) mass is 445 g/mol. The van der Waals surface area contributed by atoms with Crippen molar-refractivity contribution in [3.63, 3.8) is 0 Å². The van der Waals surface area contributed by atoms with Crippen LogP contribution in [0.15, 0.2) is 76.3 Å². The number of allylic oxidation sites excluding steroid dienone is 4. The summed E-state index contributed by atoms with van der Waals surface area (Å²) in [5.74, 6) is -0.181. The molecule has 1 aliphatic rings. The summed E-state index contributed by atoms with van der Waals surface area (Å²) in [4.78, 5) is 3.70. The summed E-state index contributed by atoms with van der Waals surface area (Å²) in [5.41, 5.74) is 6.79. The predicted octanol–water partition coefficient (Wildman–Crippen LogP) is 7.34. The number of halogens is 1. The largest absolute Gasteiger partial charge is 0.335 e. The van der Waals surface area contributed by atoms with Crippen molar-refractivity contribution in [1.82, 2.24) is 0 Å². The molecule has 2 nitrogen and oxygen atoms in total. The van der Waals surface area contributed by atoms with Gasteiger partial charge in [-0.15, -0.1) is 0 Å². The molecular formula is C28H30FN2S+. The standard InChI is InChI=1S/C28H30FN2S/c1-6-30-16-15-22(23-9-8-10-24(29)28(23)30)13-11-19(3)12-14-27-31(7-2)25-17-20(4)21(5)18-26(25)32-27/h8-18H,6-7H2,1-5H3/q+1. The van der Waals surface area contributed by atoms with Gasteiger partial charge in [-0.2, -0.15) is 8.96 Å². The van der Waals surface area contributed by atoms with Gasteiger partial charge in [0, 0.05) is 17.5 Å². The van der Waals surface area contributed by atoms with Crippen molar-refractivity contribution in [3.8, 4) is 0 Å². The fourth-order valence-corrected chi connectivity index (χ4v) is 5.28. The molecule has 1 aromatic heterocycles. The molecule has 0 saturated heterocycles. The van der Waals surface area contributed by atoms with Crippen LogP contribution in [0.2, 0.25) is 0 Å². The van der Waals surface area contributed by atoms with Gasteiger partial charge in [-0.25, -0.2) is 0 Å². The summed E-state index contributed by atoms with van der Waals surface area (Å²) in [6.07, 6.45) is 10.5. The summed E-state index contributed by atoms with van der Waals surface area (Å²) in [6, 6.07) is 11.9. The normalized spacial score (nSPS) is 15.4. The van der Waals surface area contributed by atoms with Gasteiger partial charge in [0.15, 0.2) is 12.0 Å². The molecule has 0 unspecified atom stereocenters. The zero-order valence-electron chi connectivity index (χ0n) is 19.4.